The average molecular weight is 272 g/mol. The maximum absolute atomic E-state index is 11.1. The van der Waals surface area contributed by atoms with E-state index in [-0.39, 0.29) is 11.3 Å². The maximum Gasteiger partial charge on any atom is 0.223 e. The van der Waals surface area contributed by atoms with Crippen molar-refractivity contribution >= 4 is 5.91 Å². The summed E-state index contributed by atoms with van der Waals surface area (Å²) in [5.74, 6) is 1.13. The van der Waals surface area contributed by atoms with Crippen molar-refractivity contribution in [2.24, 2.45) is 34.1 Å². The van der Waals surface area contributed by atoms with Gasteiger partial charge in [-0.3, -0.25) is 4.79 Å². The second-order valence-corrected chi connectivity index (χ2v) is 7.54. The normalized spacial score (nSPS) is 12.4. The van der Waals surface area contributed by atoms with Crippen molar-refractivity contribution in [3.63, 3.8) is 0 Å². The molecule has 0 aromatic heterocycles. The molecule has 0 fully saturated rings. The lowest BCUT2D eigenvalue weighted by Crippen LogP contribution is -2.37. The van der Waals surface area contributed by atoms with E-state index in [1.165, 1.54) is 0 Å². The summed E-state index contributed by atoms with van der Waals surface area (Å²) in [4.78, 5) is 11.1. The topological polar surface area (TPSA) is 69.1 Å². The van der Waals surface area contributed by atoms with Gasteiger partial charge in [-0.1, -0.05) is 55.4 Å². The van der Waals surface area contributed by atoms with Crippen molar-refractivity contribution in [1.82, 2.24) is 0 Å². The number of amides is 1. The molecule has 0 aliphatic heterocycles. The number of nitrogens with two attached hydrogens (primary N) is 2. The van der Waals surface area contributed by atoms with Gasteiger partial charge in [-0.2, -0.15) is 0 Å². The van der Waals surface area contributed by atoms with Crippen molar-refractivity contribution in [3.8, 4) is 0 Å². The third-order valence-electron chi connectivity index (χ3n) is 3.87. The average Bonchev–Trinajstić information content (AvgIpc) is 2.15. The molecule has 0 saturated carbocycles. The fourth-order valence-electron chi connectivity index (χ4n) is 1.76. The second-order valence-electron chi connectivity index (χ2n) is 7.54. The lowest BCUT2D eigenvalue weighted by molar-refractivity contribution is -0.127. The van der Waals surface area contributed by atoms with Gasteiger partial charge in [0.1, 0.15) is 0 Å². The molecule has 0 aliphatic carbocycles. The van der Waals surface area contributed by atoms with Gasteiger partial charge in [0.2, 0.25) is 5.91 Å². The Bertz CT molecular complexity index is 255. The smallest absolute Gasteiger partial charge is 0.223 e. The van der Waals surface area contributed by atoms with Crippen LogP contribution in [-0.2, 0) is 4.79 Å². The van der Waals surface area contributed by atoms with Crippen LogP contribution in [0.1, 0.15) is 68.2 Å². The Morgan fingerprint density at radius 1 is 1.05 bits per heavy atom. The van der Waals surface area contributed by atoms with Crippen molar-refractivity contribution in [2.45, 2.75) is 68.2 Å². The van der Waals surface area contributed by atoms with Gasteiger partial charge in [0, 0.05) is 5.41 Å². The van der Waals surface area contributed by atoms with Crippen LogP contribution in [0.15, 0.2) is 0 Å². The van der Waals surface area contributed by atoms with Gasteiger partial charge in [0.05, 0.1) is 0 Å². The molecule has 116 valence electrons. The Labute approximate surface area is 120 Å². The highest BCUT2D eigenvalue weighted by Gasteiger charge is 2.34. The molecule has 4 N–H and O–H groups in total. The molecule has 0 atom stereocenters. The first kappa shape index (κ1) is 20.7. The Morgan fingerprint density at radius 3 is 1.63 bits per heavy atom. The molecule has 0 aliphatic rings. The number of carbonyl (C=O) groups is 1. The van der Waals surface area contributed by atoms with Crippen LogP contribution < -0.4 is 11.5 Å². The Balaban J connectivity index is 0. The molecule has 19 heavy (non-hydrogen) atoms. The van der Waals surface area contributed by atoms with Gasteiger partial charge >= 0.3 is 0 Å². The second kappa shape index (κ2) is 8.57. The molecule has 0 aromatic carbocycles. The summed E-state index contributed by atoms with van der Waals surface area (Å²) < 4.78 is 0. The van der Waals surface area contributed by atoms with Crippen molar-refractivity contribution in [2.75, 3.05) is 6.54 Å². The monoisotopic (exact) mass is 272 g/mol. The van der Waals surface area contributed by atoms with Crippen LogP contribution in [0.25, 0.3) is 0 Å². The summed E-state index contributed by atoms with van der Waals surface area (Å²) >= 11 is 0. The Kier molecular flexibility index (Phi) is 9.36. The molecule has 0 rings (SSSR count). The zero-order chi connectivity index (χ0) is 15.9. The minimum absolute atomic E-state index is 0.165. The van der Waals surface area contributed by atoms with Gasteiger partial charge in [-0.25, -0.2) is 0 Å². The van der Waals surface area contributed by atoms with Crippen molar-refractivity contribution in [3.05, 3.63) is 0 Å². The maximum atomic E-state index is 11.1. The summed E-state index contributed by atoms with van der Waals surface area (Å²) in [6.07, 6.45) is 1.99. The molecule has 0 spiro atoms. The summed E-state index contributed by atoms with van der Waals surface area (Å²) in [6.45, 7) is 17.7. The lowest BCUT2D eigenvalue weighted by atomic mass is 9.69. The number of hydrogen-bond acceptors (Lipinski definition) is 2. The lowest BCUT2D eigenvalue weighted by Gasteiger charge is -2.36. The first-order chi connectivity index (χ1) is 8.36. The molecule has 0 heterocycles. The SMILES string of the molecule is CC(C)C(C)(C)CC(C)(C)C(N)=O.CC(C)CCN. The highest BCUT2D eigenvalue weighted by atomic mass is 16.1. The van der Waals surface area contributed by atoms with Gasteiger partial charge in [0.15, 0.2) is 0 Å². The van der Waals surface area contributed by atoms with Crippen molar-refractivity contribution in [1.29, 1.82) is 0 Å². The van der Waals surface area contributed by atoms with Gasteiger partial charge in [-0.05, 0) is 36.6 Å². The summed E-state index contributed by atoms with van der Waals surface area (Å²) in [6, 6.07) is 0. The van der Waals surface area contributed by atoms with Gasteiger partial charge < -0.3 is 11.5 Å². The number of hydrogen-bond donors (Lipinski definition) is 2. The third kappa shape index (κ3) is 9.94. The van der Waals surface area contributed by atoms with Crippen molar-refractivity contribution < 1.29 is 4.79 Å². The van der Waals surface area contributed by atoms with Crippen LogP contribution in [0.5, 0.6) is 0 Å². The number of primary amides is 1. The standard InChI is InChI=1S/C11H23NO.C5H13N/c1-8(2)10(3,4)7-11(5,6)9(12)13;1-5(2)3-4-6/h8H,7H2,1-6H3,(H2,12,13);5H,3-4,6H2,1-2H3. The molecule has 1 amide bonds. The van der Waals surface area contributed by atoms with E-state index in [4.69, 9.17) is 11.5 Å². The fourth-order valence-corrected chi connectivity index (χ4v) is 1.76. The first-order valence-corrected chi connectivity index (χ1v) is 7.36. The molecule has 0 radical (unpaired) electrons. The van der Waals surface area contributed by atoms with E-state index in [9.17, 15) is 4.79 Å². The van der Waals surface area contributed by atoms with Crippen LogP contribution in [0, 0.1) is 22.7 Å². The van der Waals surface area contributed by atoms with Crippen LogP contribution in [0.4, 0.5) is 0 Å². The zero-order valence-electron chi connectivity index (χ0n) is 14.3. The molecule has 0 bridgehead atoms. The minimum Gasteiger partial charge on any atom is -0.369 e. The fraction of sp³-hybridized carbons (Fsp3) is 0.938. The van der Waals surface area contributed by atoms with E-state index in [1.807, 2.05) is 13.8 Å². The first-order valence-electron chi connectivity index (χ1n) is 7.36. The minimum atomic E-state index is -0.395. The molecule has 0 saturated heterocycles. The molecule has 3 nitrogen and oxygen atoms in total. The summed E-state index contributed by atoms with van der Waals surface area (Å²) in [7, 11) is 0. The number of rotatable bonds is 6. The largest absolute Gasteiger partial charge is 0.369 e. The van der Waals surface area contributed by atoms with Crippen LogP contribution in [-0.4, -0.2) is 12.5 Å². The van der Waals surface area contributed by atoms with E-state index < -0.39 is 5.41 Å². The predicted molar refractivity (Wildman–Crippen MR) is 84.7 cm³/mol. The van der Waals surface area contributed by atoms with Crippen LogP contribution >= 0.6 is 0 Å². The van der Waals surface area contributed by atoms with E-state index in [0.29, 0.717) is 5.92 Å². The highest BCUT2D eigenvalue weighted by Crippen LogP contribution is 2.38. The van der Waals surface area contributed by atoms with E-state index in [2.05, 4.69) is 41.5 Å². The van der Waals surface area contributed by atoms with E-state index in [0.717, 1.165) is 25.3 Å². The number of carbonyl (C=O) groups excluding carboxylic acids is 1. The molecular formula is C16H36N2O. The third-order valence-corrected chi connectivity index (χ3v) is 3.87. The van der Waals surface area contributed by atoms with E-state index >= 15 is 0 Å². The Morgan fingerprint density at radius 2 is 1.47 bits per heavy atom. The molecule has 0 unspecified atom stereocenters. The van der Waals surface area contributed by atoms with E-state index in [1.54, 1.807) is 0 Å². The molecule has 0 aromatic rings. The van der Waals surface area contributed by atoms with Gasteiger partial charge in [-0.15, -0.1) is 0 Å². The molecule has 3 heteroatoms. The van der Waals surface area contributed by atoms with Crippen LogP contribution in [0.2, 0.25) is 0 Å². The van der Waals surface area contributed by atoms with Crippen LogP contribution in [0.3, 0.4) is 0 Å². The molecular weight excluding hydrogens is 236 g/mol. The Hall–Kier alpha value is -0.570. The van der Waals surface area contributed by atoms with Gasteiger partial charge in [0.25, 0.3) is 0 Å². The summed E-state index contributed by atoms with van der Waals surface area (Å²) in [5, 5.41) is 0. The summed E-state index contributed by atoms with van der Waals surface area (Å²) in [5.41, 5.74) is 10.3. The highest BCUT2D eigenvalue weighted by molar-refractivity contribution is 5.79. The zero-order valence-corrected chi connectivity index (χ0v) is 14.3. The predicted octanol–water partition coefficient (Wildman–Crippen LogP) is 3.56. The quantitative estimate of drug-likeness (QED) is 0.776.